The highest BCUT2D eigenvalue weighted by Crippen LogP contribution is 2.23. The van der Waals surface area contributed by atoms with Crippen molar-refractivity contribution in [3.05, 3.63) is 17.6 Å². The largest absolute Gasteiger partial charge is 0.380 e. The first kappa shape index (κ1) is 13.2. The lowest BCUT2D eigenvalue weighted by atomic mass is 10.2. The van der Waals surface area contributed by atoms with Crippen molar-refractivity contribution in [2.75, 3.05) is 31.6 Å². The van der Waals surface area contributed by atoms with Crippen molar-refractivity contribution in [1.29, 1.82) is 0 Å². The molecule has 1 saturated heterocycles. The van der Waals surface area contributed by atoms with Crippen LogP contribution in [0.25, 0.3) is 0 Å². The Morgan fingerprint density at radius 3 is 3.06 bits per heavy atom. The van der Waals surface area contributed by atoms with Crippen LogP contribution in [0.4, 0.5) is 5.82 Å². The third kappa shape index (κ3) is 2.97. The van der Waals surface area contributed by atoms with E-state index in [2.05, 4.69) is 27.1 Å². The van der Waals surface area contributed by atoms with Crippen molar-refractivity contribution in [2.45, 2.75) is 32.9 Å². The van der Waals surface area contributed by atoms with Crippen molar-refractivity contribution in [1.82, 2.24) is 15.3 Å². The Balaban J connectivity index is 2.16. The van der Waals surface area contributed by atoms with Crippen LogP contribution in [-0.2, 0) is 11.3 Å². The minimum atomic E-state index is 0.326. The molecule has 1 N–H and O–H groups in total. The lowest BCUT2D eigenvalue weighted by Crippen LogP contribution is -2.26. The van der Waals surface area contributed by atoms with E-state index in [4.69, 9.17) is 4.74 Å². The minimum absolute atomic E-state index is 0.326. The minimum Gasteiger partial charge on any atom is -0.380 e. The summed E-state index contributed by atoms with van der Waals surface area (Å²) in [5.74, 6) is 1.88. The van der Waals surface area contributed by atoms with E-state index in [1.165, 1.54) is 5.56 Å². The number of hydrogen-bond acceptors (Lipinski definition) is 5. The zero-order valence-corrected chi connectivity index (χ0v) is 11.4. The molecule has 18 heavy (non-hydrogen) atoms. The van der Waals surface area contributed by atoms with Crippen LogP contribution in [0.1, 0.15) is 24.7 Å². The van der Waals surface area contributed by atoms with E-state index < -0.39 is 0 Å². The number of hydrogen-bond donors (Lipinski definition) is 1. The molecule has 1 aromatic heterocycles. The van der Waals surface area contributed by atoms with E-state index in [0.29, 0.717) is 6.10 Å². The molecule has 0 spiro atoms. The van der Waals surface area contributed by atoms with Gasteiger partial charge in [-0.2, -0.15) is 0 Å². The number of aryl methyl sites for hydroxylation is 1. The van der Waals surface area contributed by atoms with Crippen LogP contribution in [0.2, 0.25) is 0 Å². The average molecular weight is 250 g/mol. The molecular formula is C13H22N4O. The molecule has 0 amide bonds. The topological polar surface area (TPSA) is 50.3 Å². The van der Waals surface area contributed by atoms with Crippen LogP contribution in [0.5, 0.6) is 0 Å². The second kappa shape index (κ2) is 6.11. The third-order valence-electron chi connectivity index (χ3n) is 3.31. The van der Waals surface area contributed by atoms with Crippen LogP contribution < -0.4 is 10.2 Å². The first-order chi connectivity index (χ1) is 8.74. The van der Waals surface area contributed by atoms with Gasteiger partial charge in [-0.25, -0.2) is 9.97 Å². The molecule has 0 saturated carbocycles. The molecular weight excluding hydrogens is 228 g/mol. The summed E-state index contributed by atoms with van der Waals surface area (Å²) < 4.78 is 5.41. The molecule has 2 heterocycles. The number of anilines is 1. The zero-order chi connectivity index (χ0) is 13.0. The summed E-state index contributed by atoms with van der Waals surface area (Å²) >= 11 is 0. The second-order valence-corrected chi connectivity index (χ2v) is 4.64. The van der Waals surface area contributed by atoms with Crippen molar-refractivity contribution >= 4 is 5.82 Å². The van der Waals surface area contributed by atoms with Crippen molar-refractivity contribution in [2.24, 2.45) is 0 Å². The molecule has 0 radical (unpaired) electrons. The van der Waals surface area contributed by atoms with E-state index in [0.717, 1.165) is 44.2 Å². The molecule has 100 valence electrons. The smallest absolute Gasteiger partial charge is 0.136 e. The van der Waals surface area contributed by atoms with Crippen LogP contribution in [-0.4, -0.2) is 42.8 Å². The van der Waals surface area contributed by atoms with Gasteiger partial charge in [0.15, 0.2) is 0 Å². The zero-order valence-electron chi connectivity index (χ0n) is 11.4. The Bertz CT molecular complexity index is 397. The maximum atomic E-state index is 5.41. The number of methoxy groups -OCH3 is 1. The first-order valence-electron chi connectivity index (χ1n) is 6.55. The van der Waals surface area contributed by atoms with E-state index in [1.807, 2.05) is 13.1 Å². The highest BCUT2D eigenvalue weighted by Gasteiger charge is 2.25. The molecule has 1 unspecified atom stereocenters. The maximum Gasteiger partial charge on any atom is 0.136 e. The lowest BCUT2D eigenvalue weighted by Gasteiger charge is -2.20. The highest BCUT2D eigenvalue weighted by atomic mass is 16.5. The van der Waals surface area contributed by atoms with Gasteiger partial charge in [-0.1, -0.05) is 6.92 Å². The number of rotatable bonds is 5. The summed E-state index contributed by atoms with van der Waals surface area (Å²) in [6.45, 7) is 7.74. The van der Waals surface area contributed by atoms with Gasteiger partial charge < -0.3 is 15.0 Å². The Labute approximate surface area is 109 Å². The van der Waals surface area contributed by atoms with Gasteiger partial charge in [0.1, 0.15) is 11.6 Å². The molecule has 1 fully saturated rings. The second-order valence-electron chi connectivity index (χ2n) is 4.64. The molecule has 1 aliphatic heterocycles. The Morgan fingerprint density at radius 1 is 1.56 bits per heavy atom. The van der Waals surface area contributed by atoms with Gasteiger partial charge in [0, 0.05) is 38.5 Å². The van der Waals surface area contributed by atoms with Crippen LogP contribution in [0.15, 0.2) is 6.20 Å². The molecule has 1 aromatic rings. The first-order valence-corrected chi connectivity index (χ1v) is 6.55. The normalized spacial score (nSPS) is 19.5. The van der Waals surface area contributed by atoms with Gasteiger partial charge in [-0.15, -0.1) is 0 Å². The van der Waals surface area contributed by atoms with Gasteiger partial charge in [0.05, 0.1) is 6.10 Å². The van der Waals surface area contributed by atoms with E-state index >= 15 is 0 Å². The molecule has 5 nitrogen and oxygen atoms in total. The van der Waals surface area contributed by atoms with Gasteiger partial charge in [0.2, 0.25) is 0 Å². The molecule has 1 aliphatic rings. The molecule has 0 aliphatic carbocycles. The maximum absolute atomic E-state index is 5.41. The van der Waals surface area contributed by atoms with Crippen molar-refractivity contribution in [3.63, 3.8) is 0 Å². The molecule has 0 aromatic carbocycles. The summed E-state index contributed by atoms with van der Waals surface area (Å²) in [5, 5.41) is 3.34. The SMILES string of the molecule is CCNCc1cnc(C)nc1N1CCC(OC)C1. The molecule has 0 bridgehead atoms. The molecule has 2 rings (SSSR count). The summed E-state index contributed by atoms with van der Waals surface area (Å²) in [5.41, 5.74) is 1.17. The van der Waals surface area contributed by atoms with Crippen molar-refractivity contribution < 1.29 is 4.74 Å². The standard InChI is InChI=1S/C13H22N4O/c1-4-14-7-11-8-15-10(2)16-13(11)17-6-5-12(9-17)18-3/h8,12,14H,4-7,9H2,1-3H3. The lowest BCUT2D eigenvalue weighted by molar-refractivity contribution is 0.121. The van der Waals surface area contributed by atoms with E-state index in [9.17, 15) is 0 Å². The van der Waals surface area contributed by atoms with Gasteiger partial charge >= 0.3 is 0 Å². The summed E-state index contributed by atoms with van der Waals surface area (Å²) in [4.78, 5) is 11.2. The predicted octanol–water partition coefficient (Wildman–Crippen LogP) is 1.12. The fraction of sp³-hybridized carbons (Fsp3) is 0.692. The summed E-state index contributed by atoms with van der Waals surface area (Å²) in [6, 6.07) is 0. The molecule has 1 atom stereocenters. The van der Waals surface area contributed by atoms with E-state index in [1.54, 1.807) is 7.11 Å². The van der Waals surface area contributed by atoms with E-state index in [-0.39, 0.29) is 0 Å². The number of aromatic nitrogens is 2. The van der Waals surface area contributed by atoms with Gasteiger partial charge in [-0.3, -0.25) is 0 Å². The third-order valence-corrected chi connectivity index (χ3v) is 3.31. The summed E-state index contributed by atoms with van der Waals surface area (Å²) in [7, 11) is 1.78. The Kier molecular flexibility index (Phi) is 4.49. The number of nitrogens with zero attached hydrogens (tertiary/aromatic N) is 3. The Morgan fingerprint density at radius 2 is 2.39 bits per heavy atom. The fourth-order valence-electron chi connectivity index (χ4n) is 2.25. The monoisotopic (exact) mass is 250 g/mol. The fourth-order valence-corrected chi connectivity index (χ4v) is 2.25. The summed E-state index contributed by atoms with van der Waals surface area (Å²) in [6.07, 6.45) is 3.33. The van der Waals surface area contributed by atoms with Crippen molar-refractivity contribution in [3.8, 4) is 0 Å². The average Bonchev–Trinajstić information content (AvgIpc) is 2.86. The van der Waals surface area contributed by atoms with Crippen LogP contribution in [0, 0.1) is 6.92 Å². The van der Waals surface area contributed by atoms with Gasteiger partial charge in [-0.05, 0) is 19.9 Å². The van der Waals surface area contributed by atoms with Crippen LogP contribution >= 0.6 is 0 Å². The molecule has 5 heteroatoms. The van der Waals surface area contributed by atoms with Crippen LogP contribution in [0.3, 0.4) is 0 Å². The quantitative estimate of drug-likeness (QED) is 0.848. The van der Waals surface area contributed by atoms with Gasteiger partial charge in [0.25, 0.3) is 0 Å². The number of ether oxygens (including phenoxy) is 1. The Hall–Kier alpha value is -1.20. The number of nitrogens with one attached hydrogen (secondary N) is 1. The predicted molar refractivity (Wildman–Crippen MR) is 71.8 cm³/mol. The highest BCUT2D eigenvalue weighted by molar-refractivity contribution is 5.47.